The molecule has 3 N–H and O–H groups in total. The van der Waals surface area contributed by atoms with Crippen LogP contribution in [-0.2, 0) is 9.59 Å². The van der Waals surface area contributed by atoms with Gasteiger partial charge >= 0.3 is 0 Å². The van der Waals surface area contributed by atoms with Gasteiger partial charge in [-0.2, -0.15) is 0 Å². The van der Waals surface area contributed by atoms with Gasteiger partial charge in [-0.15, -0.1) is 0 Å². The summed E-state index contributed by atoms with van der Waals surface area (Å²) in [6.45, 7) is 2.04. The van der Waals surface area contributed by atoms with Crippen molar-refractivity contribution in [1.29, 1.82) is 0 Å². The maximum absolute atomic E-state index is 11.0. The first kappa shape index (κ1) is 19.5. The fourth-order valence-electron chi connectivity index (χ4n) is 0.728. The lowest BCUT2D eigenvalue weighted by Gasteiger charge is -2.09. The van der Waals surface area contributed by atoms with Gasteiger partial charge in [0.05, 0.1) is 0 Å². The van der Waals surface area contributed by atoms with Crippen molar-refractivity contribution in [2.45, 2.75) is 27.2 Å². The quantitative estimate of drug-likeness (QED) is 0.663. The standard InChI is InChI=1S/C8H16N2O2.CH5N.CH4/c1-7(11)9-6-4-5-8(12)10(2)3;1-2;/h4-6H2,1-3H3,(H,9,11);2H2,1H3;1H4. The lowest BCUT2D eigenvalue weighted by atomic mass is 10.3. The summed E-state index contributed by atoms with van der Waals surface area (Å²) in [5.41, 5.74) is 4.50. The number of rotatable bonds is 4. The molecule has 0 saturated heterocycles. The number of nitrogens with one attached hydrogen (secondary N) is 1. The Morgan fingerprint density at radius 2 is 1.73 bits per heavy atom. The van der Waals surface area contributed by atoms with Crippen molar-refractivity contribution < 1.29 is 9.59 Å². The summed E-state index contributed by atoms with van der Waals surface area (Å²) in [7, 11) is 4.95. The van der Waals surface area contributed by atoms with E-state index in [0.717, 1.165) is 0 Å². The molecule has 0 aromatic heterocycles. The van der Waals surface area contributed by atoms with Crippen LogP contribution < -0.4 is 11.1 Å². The van der Waals surface area contributed by atoms with E-state index < -0.39 is 0 Å². The van der Waals surface area contributed by atoms with Gasteiger partial charge in [-0.3, -0.25) is 9.59 Å². The third kappa shape index (κ3) is 15.6. The summed E-state index contributed by atoms with van der Waals surface area (Å²) in [5.74, 6) is 0.0488. The molecule has 0 aliphatic rings. The molecule has 0 radical (unpaired) electrons. The highest BCUT2D eigenvalue weighted by Crippen LogP contribution is 1.91. The van der Waals surface area contributed by atoms with Crippen molar-refractivity contribution in [2.75, 3.05) is 27.7 Å². The Morgan fingerprint density at radius 3 is 2.07 bits per heavy atom. The number of carbonyl (C=O) groups excluding carboxylic acids is 2. The van der Waals surface area contributed by atoms with E-state index in [2.05, 4.69) is 11.1 Å². The highest BCUT2D eigenvalue weighted by molar-refractivity contribution is 5.75. The van der Waals surface area contributed by atoms with Crippen molar-refractivity contribution in [3.63, 3.8) is 0 Å². The number of nitrogens with two attached hydrogens (primary N) is 1. The number of amides is 2. The average Bonchev–Trinajstić information content (AvgIpc) is 2.15. The van der Waals surface area contributed by atoms with Gasteiger partial charge in [0.25, 0.3) is 0 Å². The summed E-state index contributed by atoms with van der Waals surface area (Å²) < 4.78 is 0. The highest BCUT2D eigenvalue weighted by atomic mass is 16.2. The molecule has 5 nitrogen and oxygen atoms in total. The second-order valence-electron chi connectivity index (χ2n) is 2.87. The summed E-state index contributed by atoms with van der Waals surface area (Å²) >= 11 is 0. The second kappa shape index (κ2) is 12.9. The first-order chi connectivity index (χ1) is 6.54. The van der Waals surface area contributed by atoms with Gasteiger partial charge in [0.15, 0.2) is 0 Å². The van der Waals surface area contributed by atoms with Gasteiger partial charge in [-0.25, -0.2) is 0 Å². The summed E-state index contributed by atoms with van der Waals surface area (Å²) in [6, 6.07) is 0. The molecule has 0 aromatic rings. The molecule has 0 aliphatic heterocycles. The van der Waals surface area contributed by atoms with Gasteiger partial charge in [0.1, 0.15) is 0 Å². The van der Waals surface area contributed by atoms with Gasteiger partial charge in [-0.05, 0) is 13.5 Å². The number of carbonyl (C=O) groups is 2. The van der Waals surface area contributed by atoms with Gasteiger partial charge in [-0.1, -0.05) is 7.43 Å². The van der Waals surface area contributed by atoms with Crippen LogP contribution in [0.1, 0.15) is 27.2 Å². The Hall–Kier alpha value is -1.10. The molecule has 2 amide bonds. The van der Waals surface area contributed by atoms with Crippen LogP contribution in [0.4, 0.5) is 0 Å². The van der Waals surface area contributed by atoms with Crippen LogP contribution in [0, 0.1) is 0 Å². The molecular weight excluding hydrogens is 194 g/mol. The second-order valence-corrected chi connectivity index (χ2v) is 2.87. The van der Waals surface area contributed by atoms with Crippen molar-refractivity contribution in [1.82, 2.24) is 10.2 Å². The lowest BCUT2D eigenvalue weighted by Crippen LogP contribution is -2.25. The lowest BCUT2D eigenvalue weighted by molar-refractivity contribution is -0.129. The van der Waals surface area contributed by atoms with Crippen molar-refractivity contribution in [2.24, 2.45) is 5.73 Å². The molecular formula is C10H25N3O2. The van der Waals surface area contributed by atoms with Crippen LogP contribution in [0.5, 0.6) is 0 Å². The van der Waals surface area contributed by atoms with Crippen molar-refractivity contribution in [3.8, 4) is 0 Å². The van der Waals surface area contributed by atoms with E-state index in [4.69, 9.17) is 0 Å². The number of hydrogen-bond donors (Lipinski definition) is 2. The fourth-order valence-corrected chi connectivity index (χ4v) is 0.728. The third-order valence-electron chi connectivity index (χ3n) is 1.44. The predicted octanol–water partition coefficient (Wildman–Crippen LogP) is 0.202. The molecule has 0 unspecified atom stereocenters. The highest BCUT2D eigenvalue weighted by Gasteiger charge is 2.02. The minimum absolute atomic E-state index is 0. The van der Waals surface area contributed by atoms with Crippen LogP contribution in [0.2, 0.25) is 0 Å². The molecule has 0 heterocycles. The molecule has 0 aromatic carbocycles. The maximum Gasteiger partial charge on any atom is 0.222 e. The molecule has 0 bridgehead atoms. The van der Waals surface area contributed by atoms with E-state index in [1.165, 1.54) is 14.0 Å². The van der Waals surface area contributed by atoms with E-state index in [-0.39, 0.29) is 19.2 Å². The first-order valence-corrected chi connectivity index (χ1v) is 4.56. The molecule has 15 heavy (non-hydrogen) atoms. The predicted molar refractivity (Wildman–Crippen MR) is 63.5 cm³/mol. The smallest absolute Gasteiger partial charge is 0.222 e. The Morgan fingerprint density at radius 1 is 1.27 bits per heavy atom. The van der Waals surface area contributed by atoms with Crippen LogP contribution in [-0.4, -0.2) is 44.4 Å². The van der Waals surface area contributed by atoms with Crippen LogP contribution in [0.15, 0.2) is 0 Å². The van der Waals surface area contributed by atoms with Gasteiger partial charge < -0.3 is 16.0 Å². The van der Waals surface area contributed by atoms with Gasteiger partial charge in [0, 0.05) is 34.0 Å². The van der Waals surface area contributed by atoms with E-state index in [9.17, 15) is 9.59 Å². The van der Waals surface area contributed by atoms with E-state index in [0.29, 0.717) is 19.4 Å². The monoisotopic (exact) mass is 219 g/mol. The SMILES string of the molecule is C.CC(=O)NCCCC(=O)N(C)C.CN. The van der Waals surface area contributed by atoms with Gasteiger partial charge in [0.2, 0.25) is 11.8 Å². The minimum atomic E-state index is -0.0488. The number of hydrogen-bond acceptors (Lipinski definition) is 3. The topological polar surface area (TPSA) is 75.4 Å². The molecule has 92 valence electrons. The van der Waals surface area contributed by atoms with Crippen molar-refractivity contribution >= 4 is 11.8 Å². The molecule has 0 spiro atoms. The zero-order chi connectivity index (χ0) is 11.6. The molecule has 5 heteroatoms. The third-order valence-corrected chi connectivity index (χ3v) is 1.44. The van der Waals surface area contributed by atoms with Crippen LogP contribution >= 0.6 is 0 Å². The zero-order valence-electron chi connectivity index (χ0n) is 9.46. The van der Waals surface area contributed by atoms with Crippen LogP contribution in [0.25, 0.3) is 0 Å². The maximum atomic E-state index is 11.0. The van der Waals surface area contributed by atoms with Crippen molar-refractivity contribution in [3.05, 3.63) is 0 Å². The summed E-state index contributed by atoms with van der Waals surface area (Å²) in [6.07, 6.45) is 1.20. The molecule has 0 rings (SSSR count). The van der Waals surface area contributed by atoms with E-state index in [1.807, 2.05) is 0 Å². The normalized spacial score (nSPS) is 7.80. The van der Waals surface area contributed by atoms with Crippen LogP contribution in [0.3, 0.4) is 0 Å². The largest absolute Gasteiger partial charge is 0.356 e. The first-order valence-electron chi connectivity index (χ1n) is 4.56. The molecule has 0 fully saturated rings. The Kier molecular flexibility index (Phi) is 16.7. The molecule has 0 saturated carbocycles. The minimum Gasteiger partial charge on any atom is -0.356 e. The molecule has 0 atom stereocenters. The van der Waals surface area contributed by atoms with E-state index >= 15 is 0 Å². The average molecular weight is 219 g/mol. The van der Waals surface area contributed by atoms with E-state index in [1.54, 1.807) is 19.0 Å². The number of nitrogens with zero attached hydrogens (tertiary/aromatic N) is 1. The molecule has 0 aliphatic carbocycles. The zero-order valence-corrected chi connectivity index (χ0v) is 9.46. The Bertz CT molecular complexity index is 170. The summed E-state index contributed by atoms with van der Waals surface area (Å²) in [4.78, 5) is 23.0. The Balaban J connectivity index is -0.000000449. The summed E-state index contributed by atoms with van der Waals surface area (Å²) in [5, 5.41) is 2.63. The Labute approximate surface area is 93.0 Å². The fraction of sp³-hybridized carbons (Fsp3) is 0.800.